The maximum atomic E-state index is 11.5. The van der Waals surface area contributed by atoms with E-state index in [2.05, 4.69) is 43.6 Å². The van der Waals surface area contributed by atoms with Gasteiger partial charge in [-0.3, -0.25) is 4.68 Å². The zero-order valence-electron chi connectivity index (χ0n) is 10.0. The predicted octanol–water partition coefficient (Wildman–Crippen LogP) is 1.92. The summed E-state index contributed by atoms with van der Waals surface area (Å²) in [6, 6.07) is 0. The van der Waals surface area contributed by atoms with Crippen molar-refractivity contribution in [1.29, 1.82) is 0 Å². The van der Waals surface area contributed by atoms with E-state index in [-0.39, 0.29) is 0 Å². The van der Waals surface area contributed by atoms with Crippen LogP contribution in [0, 0.1) is 9.62 Å². The maximum absolute atomic E-state index is 11.5. The molecule has 2 rings (SSSR count). The third-order valence-corrected chi connectivity index (χ3v) is 6.46. The Balaban J connectivity index is 2.02. The molecule has 1 aromatic heterocycles. The van der Waals surface area contributed by atoms with Crippen LogP contribution in [0.1, 0.15) is 12.8 Å². The first-order chi connectivity index (χ1) is 8.36. The molecule has 102 valence electrons. The Morgan fingerprint density at radius 1 is 1.61 bits per heavy atom. The van der Waals surface area contributed by atoms with Crippen LogP contribution in [0.3, 0.4) is 0 Å². The Morgan fingerprint density at radius 3 is 2.89 bits per heavy atom. The maximum Gasteiger partial charge on any atom is 0.211 e. The Bertz CT molecular complexity index is 512. The fourth-order valence-corrected chi connectivity index (χ4v) is 3.88. The van der Waals surface area contributed by atoms with Crippen LogP contribution in [-0.2, 0) is 16.6 Å². The molecule has 18 heavy (non-hydrogen) atoms. The molecule has 1 aliphatic rings. The fourth-order valence-electron chi connectivity index (χ4n) is 2.21. The van der Waals surface area contributed by atoms with Crippen LogP contribution < -0.4 is 0 Å². The van der Waals surface area contributed by atoms with Gasteiger partial charge in [-0.1, -0.05) is 0 Å². The second kappa shape index (κ2) is 5.76. The molecule has 0 radical (unpaired) electrons. The molecule has 1 aromatic rings. The highest BCUT2D eigenvalue weighted by Crippen LogP contribution is 2.22. The summed E-state index contributed by atoms with van der Waals surface area (Å²) < 4.78 is 28.5. The minimum absolute atomic E-state index is 0.344. The number of halogens is 2. The molecule has 0 saturated carbocycles. The Hall–Kier alpha value is 0.330. The molecule has 0 N–H and O–H groups in total. The number of aromatic nitrogens is 2. The molecule has 2 heterocycles. The third kappa shape index (κ3) is 3.67. The molecule has 0 bridgehead atoms. The minimum atomic E-state index is -3.06. The lowest BCUT2D eigenvalue weighted by Crippen LogP contribution is -2.40. The predicted molar refractivity (Wildman–Crippen MR) is 81.8 cm³/mol. The van der Waals surface area contributed by atoms with E-state index in [9.17, 15) is 8.42 Å². The molecule has 0 aromatic carbocycles. The summed E-state index contributed by atoms with van der Waals surface area (Å²) in [5.41, 5.74) is 0. The van der Waals surface area contributed by atoms with Crippen molar-refractivity contribution in [2.45, 2.75) is 19.4 Å². The van der Waals surface area contributed by atoms with E-state index < -0.39 is 10.0 Å². The topological polar surface area (TPSA) is 55.2 Å². The molecule has 0 aliphatic carbocycles. The van der Waals surface area contributed by atoms with Crippen molar-refractivity contribution >= 4 is 48.5 Å². The van der Waals surface area contributed by atoms with Gasteiger partial charge < -0.3 is 0 Å². The summed E-state index contributed by atoms with van der Waals surface area (Å²) in [5, 5.41) is 4.38. The number of sulfonamides is 1. The largest absolute Gasteiger partial charge is 0.270 e. The van der Waals surface area contributed by atoms with Crippen LogP contribution in [0.25, 0.3) is 0 Å². The van der Waals surface area contributed by atoms with Gasteiger partial charge in [-0.25, -0.2) is 12.7 Å². The van der Waals surface area contributed by atoms with Crippen LogP contribution in [0.5, 0.6) is 0 Å². The minimum Gasteiger partial charge on any atom is -0.270 e. The summed E-state index contributed by atoms with van der Waals surface area (Å²) in [6.45, 7) is 2.02. The van der Waals surface area contributed by atoms with Crippen LogP contribution in [0.4, 0.5) is 0 Å². The quantitative estimate of drug-likeness (QED) is 0.665. The van der Waals surface area contributed by atoms with Gasteiger partial charge in [0.05, 0.1) is 10.7 Å². The van der Waals surface area contributed by atoms with Gasteiger partial charge in [-0.05, 0) is 57.3 Å². The molecule has 5 nitrogen and oxygen atoms in total. The molecule has 8 heteroatoms. The van der Waals surface area contributed by atoms with Gasteiger partial charge in [0.25, 0.3) is 0 Å². The SMILES string of the molecule is CS(=O)(=O)N1CCCC(Cn2cc(Br)c(I)n2)C1. The summed E-state index contributed by atoms with van der Waals surface area (Å²) in [6.07, 6.45) is 5.21. The van der Waals surface area contributed by atoms with Crippen molar-refractivity contribution in [3.63, 3.8) is 0 Å². The molecule has 1 aliphatic heterocycles. The number of rotatable bonds is 3. The van der Waals surface area contributed by atoms with Crippen molar-refractivity contribution < 1.29 is 8.42 Å². The van der Waals surface area contributed by atoms with E-state index in [1.807, 2.05) is 10.9 Å². The van der Waals surface area contributed by atoms with Gasteiger partial charge in [0.2, 0.25) is 10.0 Å². The van der Waals surface area contributed by atoms with E-state index in [1.54, 1.807) is 4.31 Å². The molecular weight excluding hydrogens is 433 g/mol. The first-order valence-electron chi connectivity index (χ1n) is 5.70. The summed E-state index contributed by atoms with van der Waals surface area (Å²) in [4.78, 5) is 0. The standard InChI is InChI=1S/C10H15BrIN3O2S/c1-18(16,17)15-4-2-3-8(6-15)5-14-7-9(11)10(12)13-14/h7-8H,2-6H2,1H3. The van der Waals surface area contributed by atoms with Crippen molar-refractivity contribution in [2.24, 2.45) is 5.92 Å². The second-order valence-electron chi connectivity index (χ2n) is 4.62. The van der Waals surface area contributed by atoms with E-state index in [4.69, 9.17) is 0 Å². The van der Waals surface area contributed by atoms with E-state index in [0.717, 1.165) is 27.6 Å². The monoisotopic (exact) mass is 447 g/mol. The van der Waals surface area contributed by atoms with Gasteiger partial charge >= 0.3 is 0 Å². The van der Waals surface area contributed by atoms with E-state index in [0.29, 0.717) is 19.0 Å². The molecule has 1 saturated heterocycles. The van der Waals surface area contributed by atoms with E-state index in [1.165, 1.54) is 6.26 Å². The normalized spacial score (nSPS) is 22.3. The van der Waals surface area contributed by atoms with Crippen molar-refractivity contribution in [3.8, 4) is 0 Å². The molecular formula is C10H15BrIN3O2S. The molecule has 0 amide bonds. The average Bonchev–Trinajstić information content (AvgIpc) is 2.57. The van der Waals surface area contributed by atoms with Crippen LogP contribution in [0.15, 0.2) is 10.7 Å². The average molecular weight is 448 g/mol. The Labute approximate surface area is 129 Å². The molecule has 0 spiro atoms. The first-order valence-corrected chi connectivity index (χ1v) is 9.42. The lowest BCUT2D eigenvalue weighted by Gasteiger charge is -2.30. The second-order valence-corrected chi connectivity index (χ2v) is 8.48. The van der Waals surface area contributed by atoms with Crippen LogP contribution in [0.2, 0.25) is 0 Å². The van der Waals surface area contributed by atoms with Gasteiger partial charge in [-0.15, -0.1) is 0 Å². The zero-order chi connectivity index (χ0) is 13.3. The van der Waals surface area contributed by atoms with Gasteiger partial charge in [0.1, 0.15) is 3.70 Å². The number of piperidine rings is 1. The Kier molecular flexibility index (Phi) is 4.71. The smallest absolute Gasteiger partial charge is 0.211 e. The third-order valence-electron chi connectivity index (χ3n) is 3.07. The lowest BCUT2D eigenvalue weighted by atomic mass is 10.00. The van der Waals surface area contributed by atoms with Crippen LogP contribution >= 0.6 is 38.5 Å². The van der Waals surface area contributed by atoms with Crippen LogP contribution in [-0.4, -0.2) is 41.8 Å². The highest BCUT2D eigenvalue weighted by atomic mass is 127. The summed E-state index contributed by atoms with van der Waals surface area (Å²) in [7, 11) is -3.06. The summed E-state index contributed by atoms with van der Waals surface area (Å²) >= 11 is 5.60. The number of hydrogen-bond acceptors (Lipinski definition) is 3. The van der Waals surface area contributed by atoms with Crippen molar-refractivity contribution in [2.75, 3.05) is 19.3 Å². The van der Waals surface area contributed by atoms with Gasteiger partial charge in [0, 0.05) is 25.8 Å². The van der Waals surface area contributed by atoms with Gasteiger partial charge in [0.15, 0.2) is 0 Å². The number of nitrogens with zero attached hydrogens (tertiary/aromatic N) is 3. The first kappa shape index (κ1) is 14.7. The van der Waals surface area contributed by atoms with Crippen molar-refractivity contribution in [1.82, 2.24) is 14.1 Å². The Morgan fingerprint density at radius 2 is 2.33 bits per heavy atom. The molecule has 1 unspecified atom stereocenters. The van der Waals surface area contributed by atoms with Gasteiger partial charge in [-0.2, -0.15) is 5.10 Å². The zero-order valence-corrected chi connectivity index (χ0v) is 14.6. The lowest BCUT2D eigenvalue weighted by molar-refractivity contribution is 0.240. The van der Waals surface area contributed by atoms with E-state index >= 15 is 0 Å². The molecule has 1 atom stereocenters. The summed E-state index contributed by atoms with van der Waals surface area (Å²) in [5.74, 6) is 0.344. The fraction of sp³-hybridized carbons (Fsp3) is 0.700. The molecule has 1 fully saturated rings. The highest BCUT2D eigenvalue weighted by molar-refractivity contribution is 14.1. The highest BCUT2D eigenvalue weighted by Gasteiger charge is 2.26. The number of hydrogen-bond donors (Lipinski definition) is 0. The van der Waals surface area contributed by atoms with Crippen molar-refractivity contribution in [3.05, 3.63) is 14.4 Å².